The molecule has 2 heterocycles. The van der Waals surface area contributed by atoms with Gasteiger partial charge >= 0.3 is 0 Å². The number of hydrogen-bond acceptors (Lipinski definition) is 3. The molecule has 0 bridgehead atoms. The molecule has 0 saturated carbocycles. The fourth-order valence-electron chi connectivity index (χ4n) is 3.73. The van der Waals surface area contributed by atoms with E-state index in [0.29, 0.717) is 17.3 Å². The van der Waals surface area contributed by atoms with Gasteiger partial charge in [-0.25, -0.2) is 0 Å². The van der Waals surface area contributed by atoms with Gasteiger partial charge in [0, 0.05) is 60.8 Å². The van der Waals surface area contributed by atoms with Crippen LogP contribution in [0.2, 0.25) is 5.02 Å². The van der Waals surface area contributed by atoms with E-state index in [-0.39, 0.29) is 5.91 Å². The Hall–Kier alpha value is -2.34. The van der Waals surface area contributed by atoms with Gasteiger partial charge in [-0.3, -0.25) is 9.69 Å². The molecule has 5 nitrogen and oxygen atoms in total. The largest absolute Gasteiger partial charge is 0.350 e. The van der Waals surface area contributed by atoms with E-state index in [1.54, 1.807) is 0 Å². The Bertz CT molecular complexity index is 961. The van der Waals surface area contributed by atoms with Crippen molar-refractivity contribution < 1.29 is 4.79 Å². The second-order valence-electron chi connectivity index (χ2n) is 7.33. The number of benzene rings is 2. The predicted octanol–water partition coefficient (Wildman–Crippen LogP) is 3.47. The van der Waals surface area contributed by atoms with Crippen molar-refractivity contribution in [2.24, 2.45) is 0 Å². The summed E-state index contributed by atoms with van der Waals surface area (Å²) in [6.07, 6.45) is 0. The number of fused-ring (bicyclic) bond motifs is 1. The quantitative estimate of drug-likeness (QED) is 0.694. The minimum absolute atomic E-state index is 0.0831. The van der Waals surface area contributed by atoms with E-state index in [2.05, 4.69) is 27.1 Å². The molecule has 2 aromatic carbocycles. The van der Waals surface area contributed by atoms with Crippen LogP contribution in [0, 0.1) is 0 Å². The number of aromatic amines is 1. The van der Waals surface area contributed by atoms with E-state index in [4.69, 9.17) is 11.6 Å². The number of nitrogens with zero attached hydrogens (tertiary/aromatic N) is 2. The summed E-state index contributed by atoms with van der Waals surface area (Å²) in [5.74, 6) is -0.0831. The molecule has 0 unspecified atom stereocenters. The maximum atomic E-state index is 13.0. The summed E-state index contributed by atoms with van der Waals surface area (Å²) in [6, 6.07) is 15.6. The van der Waals surface area contributed by atoms with Crippen LogP contribution < -0.4 is 5.32 Å². The number of amides is 1. The number of nitrogens with one attached hydrogen (secondary N) is 2. The lowest BCUT2D eigenvalue weighted by molar-refractivity contribution is 0.0937. The van der Waals surface area contributed by atoms with E-state index >= 15 is 0 Å². The van der Waals surface area contributed by atoms with Gasteiger partial charge in [0.2, 0.25) is 0 Å². The van der Waals surface area contributed by atoms with Crippen molar-refractivity contribution in [1.29, 1.82) is 0 Å². The Morgan fingerprint density at radius 2 is 1.86 bits per heavy atom. The number of piperazine rings is 1. The van der Waals surface area contributed by atoms with Crippen LogP contribution in [0.4, 0.5) is 0 Å². The summed E-state index contributed by atoms with van der Waals surface area (Å²) in [5, 5.41) is 4.70. The van der Waals surface area contributed by atoms with Gasteiger partial charge in [-0.15, -0.1) is 0 Å². The highest BCUT2D eigenvalue weighted by Gasteiger charge is 2.20. The molecular weight excluding hydrogens is 372 g/mol. The molecule has 6 heteroatoms. The molecule has 0 aliphatic carbocycles. The predicted molar refractivity (Wildman–Crippen MR) is 115 cm³/mol. The summed E-state index contributed by atoms with van der Waals surface area (Å²) in [6.45, 7) is 5.75. The van der Waals surface area contributed by atoms with Crippen molar-refractivity contribution in [3.63, 3.8) is 0 Å². The molecular formula is C22H25ClN4O. The third-order valence-electron chi connectivity index (χ3n) is 5.36. The number of carbonyl (C=O) groups excluding carboxylic acids is 1. The van der Waals surface area contributed by atoms with Crippen molar-refractivity contribution in [3.05, 3.63) is 59.2 Å². The van der Waals surface area contributed by atoms with Crippen LogP contribution in [-0.4, -0.2) is 67.0 Å². The Morgan fingerprint density at radius 3 is 2.61 bits per heavy atom. The molecule has 1 fully saturated rings. The lowest BCUT2D eigenvalue weighted by atomic mass is 10.0. The smallest absolute Gasteiger partial charge is 0.268 e. The van der Waals surface area contributed by atoms with Crippen LogP contribution in [0.5, 0.6) is 0 Å². The van der Waals surface area contributed by atoms with Gasteiger partial charge in [-0.1, -0.05) is 41.9 Å². The standard InChI is InChI=1S/C22H25ClN4O/c1-26-11-13-27(14-12-26)10-9-24-22(28)21-20(16-5-3-2-4-6-16)18-15-17(23)7-8-19(18)25-21/h2-8,15,25H,9-14H2,1H3,(H,24,28). The maximum absolute atomic E-state index is 13.0. The second-order valence-corrected chi connectivity index (χ2v) is 7.77. The molecule has 0 radical (unpaired) electrons. The Kier molecular flexibility index (Phi) is 5.67. The van der Waals surface area contributed by atoms with Gasteiger partial charge in [-0.05, 0) is 30.8 Å². The Labute approximate surface area is 170 Å². The van der Waals surface area contributed by atoms with Gasteiger partial charge in [0.05, 0.1) is 0 Å². The molecule has 1 amide bonds. The van der Waals surface area contributed by atoms with E-state index in [9.17, 15) is 4.79 Å². The summed E-state index contributed by atoms with van der Waals surface area (Å²) >= 11 is 6.22. The summed E-state index contributed by atoms with van der Waals surface area (Å²) in [4.78, 5) is 21.0. The van der Waals surface area contributed by atoms with Crippen LogP contribution in [0.25, 0.3) is 22.0 Å². The molecule has 146 valence electrons. The Morgan fingerprint density at radius 1 is 1.11 bits per heavy atom. The van der Waals surface area contributed by atoms with Crippen LogP contribution in [0.15, 0.2) is 48.5 Å². The third kappa shape index (κ3) is 4.07. The zero-order valence-corrected chi connectivity index (χ0v) is 16.8. The first-order chi connectivity index (χ1) is 13.6. The molecule has 1 aliphatic rings. The lowest BCUT2D eigenvalue weighted by Crippen LogP contribution is -2.46. The summed E-state index contributed by atoms with van der Waals surface area (Å²) < 4.78 is 0. The molecule has 1 aliphatic heterocycles. The van der Waals surface area contributed by atoms with Gasteiger partial charge in [0.15, 0.2) is 0 Å². The highest BCUT2D eigenvalue weighted by molar-refractivity contribution is 6.31. The van der Waals surface area contributed by atoms with Gasteiger partial charge in [-0.2, -0.15) is 0 Å². The fraction of sp³-hybridized carbons (Fsp3) is 0.318. The van der Waals surface area contributed by atoms with E-state index < -0.39 is 0 Å². The van der Waals surface area contributed by atoms with Crippen LogP contribution in [0.3, 0.4) is 0 Å². The minimum Gasteiger partial charge on any atom is -0.350 e. The van der Waals surface area contributed by atoms with E-state index in [1.807, 2.05) is 48.5 Å². The van der Waals surface area contributed by atoms with E-state index in [1.165, 1.54) is 0 Å². The molecule has 0 spiro atoms. The summed E-state index contributed by atoms with van der Waals surface area (Å²) in [7, 11) is 2.15. The van der Waals surface area contributed by atoms with Crippen molar-refractivity contribution in [2.75, 3.05) is 46.3 Å². The molecule has 1 saturated heterocycles. The first-order valence-corrected chi connectivity index (χ1v) is 10.1. The van der Waals surface area contributed by atoms with Crippen molar-refractivity contribution in [2.45, 2.75) is 0 Å². The van der Waals surface area contributed by atoms with Crippen molar-refractivity contribution >= 4 is 28.4 Å². The lowest BCUT2D eigenvalue weighted by Gasteiger charge is -2.32. The minimum atomic E-state index is -0.0831. The fourth-order valence-corrected chi connectivity index (χ4v) is 3.90. The number of H-pyrrole nitrogens is 1. The zero-order valence-electron chi connectivity index (χ0n) is 16.0. The average Bonchev–Trinajstić information content (AvgIpc) is 3.09. The second kappa shape index (κ2) is 8.35. The highest BCUT2D eigenvalue weighted by atomic mass is 35.5. The number of hydrogen-bond donors (Lipinski definition) is 2. The first kappa shape index (κ1) is 19.0. The maximum Gasteiger partial charge on any atom is 0.268 e. The first-order valence-electron chi connectivity index (χ1n) is 9.67. The molecule has 4 rings (SSSR count). The number of rotatable bonds is 5. The zero-order chi connectivity index (χ0) is 19.5. The molecule has 28 heavy (non-hydrogen) atoms. The van der Waals surface area contributed by atoms with E-state index in [0.717, 1.165) is 54.8 Å². The highest BCUT2D eigenvalue weighted by Crippen LogP contribution is 2.34. The molecule has 3 aromatic rings. The number of halogens is 1. The van der Waals surface area contributed by atoms with Gasteiger partial charge in [0.1, 0.15) is 5.69 Å². The molecule has 0 atom stereocenters. The van der Waals surface area contributed by atoms with Crippen molar-refractivity contribution in [3.8, 4) is 11.1 Å². The molecule has 1 aromatic heterocycles. The third-order valence-corrected chi connectivity index (χ3v) is 5.59. The monoisotopic (exact) mass is 396 g/mol. The van der Waals surface area contributed by atoms with Crippen LogP contribution >= 0.6 is 11.6 Å². The van der Waals surface area contributed by atoms with Crippen molar-refractivity contribution in [1.82, 2.24) is 20.1 Å². The van der Waals surface area contributed by atoms with Crippen LogP contribution in [-0.2, 0) is 0 Å². The number of aromatic nitrogens is 1. The van der Waals surface area contributed by atoms with Gasteiger partial charge in [0.25, 0.3) is 5.91 Å². The van der Waals surface area contributed by atoms with Gasteiger partial charge < -0.3 is 15.2 Å². The SMILES string of the molecule is CN1CCN(CCNC(=O)c2[nH]c3ccc(Cl)cc3c2-c2ccccc2)CC1. The Balaban J connectivity index is 1.55. The normalized spacial score (nSPS) is 15.8. The topological polar surface area (TPSA) is 51.4 Å². The molecule has 2 N–H and O–H groups in total. The summed E-state index contributed by atoms with van der Waals surface area (Å²) in [5.41, 5.74) is 3.39. The average molecular weight is 397 g/mol. The number of likely N-dealkylation sites (N-methyl/N-ethyl adjacent to an activating group) is 1. The number of carbonyl (C=O) groups is 1. The van der Waals surface area contributed by atoms with Crippen LogP contribution in [0.1, 0.15) is 10.5 Å².